The van der Waals surface area contributed by atoms with E-state index in [0.29, 0.717) is 12.5 Å². The highest BCUT2D eigenvalue weighted by Crippen LogP contribution is 2.29. The maximum atomic E-state index is 11.6. The third kappa shape index (κ3) is 3.21. The fraction of sp³-hybridized carbons (Fsp3) is 0.286. The molecule has 3 nitrogen and oxygen atoms in total. The molecule has 0 spiro atoms. The summed E-state index contributed by atoms with van der Waals surface area (Å²) < 4.78 is 8.13. The Morgan fingerprint density at radius 3 is 2.54 bits per heavy atom. The van der Waals surface area contributed by atoms with E-state index in [4.69, 9.17) is 4.74 Å². The van der Waals surface area contributed by atoms with Crippen molar-refractivity contribution in [3.05, 3.63) is 65.4 Å². The van der Waals surface area contributed by atoms with Crippen molar-refractivity contribution in [2.45, 2.75) is 33.9 Å². The second-order valence-electron chi connectivity index (χ2n) is 6.57. The highest BCUT2D eigenvalue weighted by molar-refractivity contribution is 6.00. The van der Waals surface area contributed by atoms with Crippen molar-refractivity contribution in [2.75, 3.05) is 0 Å². The van der Waals surface area contributed by atoms with Gasteiger partial charge in [0.1, 0.15) is 12.4 Å². The Morgan fingerprint density at radius 1 is 1.12 bits per heavy atom. The summed E-state index contributed by atoms with van der Waals surface area (Å²) >= 11 is 0. The molecule has 3 rings (SSSR count). The topological polar surface area (TPSA) is 31.2 Å². The summed E-state index contributed by atoms with van der Waals surface area (Å²) in [6, 6.07) is 16.1. The number of aldehydes is 1. The van der Waals surface area contributed by atoms with Crippen LogP contribution in [0.3, 0.4) is 0 Å². The molecule has 0 unspecified atom stereocenters. The molecule has 24 heavy (non-hydrogen) atoms. The average molecular weight is 321 g/mol. The van der Waals surface area contributed by atoms with E-state index in [-0.39, 0.29) is 0 Å². The zero-order valence-electron chi connectivity index (χ0n) is 14.5. The van der Waals surface area contributed by atoms with E-state index in [1.54, 1.807) is 0 Å². The number of aromatic nitrogens is 1. The van der Waals surface area contributed by atoms with Crippen molar-refractivity contribution < 1.29 is 9.53 Å². The average Bonchev–Trinajstić information content (AvgIpc) is 2.84. The molecule has 0 amide bonds. The van der Waals surface area contributed by atoms with Gasteiger partial charge in [-0.15, -0.1) is 0 Å². The highest BCUT2D eigenvalue weighted by Gasteiger charge is 2.15. The van der Waals surface area contributed by atoms with Crippen molar-refractivity contribution in [2.24, 2.45) is 5.92 Å². The van der Waals surface area contributed by atoms with Gasteiger partial charge in [0.15, 0.2) is 6.29 Å². The molecular formula is C21H23NO2. The minimum absolute atomic E-state index is 0.521. The van der Waals surface area contributed by atoms with Crippen LogP contribution in [0.25, 0.3) is 10.9 Å². The Balaban J connectivity index is 1.94. The molecule has 3 aromatic rings. The van der Waals surface area contributed by atoms with Gasteiger partial charge in [0.2, 0.25) is 0 Å². The Bertz CT molecular complexity index is 847. The van der Waals surface area contributed by atoms with Gasteiger partial charge in [-0.3, -0.25) is 4.79 Å². The summed E-state index contributed by atoms with van der Waals surface area (Å²) in [7, 11) is 0. The first-order valence-electron chi connectivity index (χ1n) is 8.35. The van der Waals surface area contributed by atoms with Crippen LogP contribution in [0, 0.1) is 12.8 Å². The molecule has 1 aromatic heterocycles. The lowest BCUT2D eigenvalue weighted by Crippen LogP contribution is -2.06. The number of carbonyl (C=O) groups is 1. The van der Waals surface area contributed by atoms with Crippen LogP contribution < -0.4 is 4.74 Å². The number of carbonyl (C=O) groups excluding carboxylic acids is 1. The van der Waals surface area contributed by atoms with Gasteiger partial charge in [0.25, 0.3) is 0 Å². The molecule has 0 atom stereocenters. The number of hydrogen-bond donors (Lipinski definition) is 0. The summed E-state index contributed by atoms with van der Waals surface area (Å²) in [4.78, 5) is 11.6. The Morgan fingerprint density at radius 2 is 1.88 bits per heavy atom. The van der Waals surface area contributed by atoms with Crippen LogP contribution in [0.15, 0.2) is 48.5 Å². The van der Waals surface area contributed by atoms with E-state index in [1.165, 1.54) is 0 Å². The second kappa shape index (κ2) is 6.91. The van der Waals surface area contributed by atoms with E-state index >= 15 is 0 Å². The number of rotatable bonds is 6. The van der Waals surface area contributed by atoms with Crippen molar-refractivity contribution in [3.8, 4) is 5.75 Å². The minimum atomic E-state index is 0.521. The normalized spacial score (nSPS) is 11.2. The molecule has 0 radical (unpaired) electrons. The van der Waals surface area contributed by atoms with Crippen molar-refractivity contribution in [1.29, 1.82) is 0 Å². The Hall–Kier alpha value is -2.55. The van der Waals surface area contributed by atoms with Gasteiger partial charge in [-0.25, -0.2) is 0 Å². The lowest BCUT2D eigenvalue weighted by Gasteiger charge is -2.11. The fourth-order valence-electron chi connectivity index (χ4n) is 3.07. The van der Waals surface area contributed by atoms with E-state index in [2.05, 4.69) is 24.5 Å². The summed E-state index contributed by atoms with van der Waals surface area (Å²) in [6.45, 7) is 7.80. The standard InChI is InChI=1S/C21H23NO2/c1-15(2)12-22-16(3)20(13-23)19-11-18(9-10-21(19)22)24-14-17-7-5-4-6-8-17/h4-11,13,15H,12,14H2,1-3H3. The number of nitrogens with zero attached hydrogens (tertiary/aromatic N) is 1. The molecule has 2 aromatic carbocycles. The molecule has 0 saturated carbocycles. The molecule has 1 heterocycles. The molecule has 3 heteroatoms. The smallest absolute Gasteiger partial charge is 0.152 e. The Labute approximate surface area is 142 Å². The van der Waals surface area contributed by atoms with Crippen molar-refractivity contribution in [3.63, 3.8) is 0 Å². The van der Waals surface area contributed by atoms with E-state index in [0.717, 1.165) is 46.3 Å². The lowest BCUT2D eigenvalue weighted by atomic mass is 10.1. The van der Waals surface area contributed by atoms with Crippen LogP contribution in [-0.4, -0.2) is 10.9 Å². The van der Waals surface area contributed by atoms with Crippen LogP contribution >= 0.6 is 0 Å². The highest BCUT2D eigenvalue weighted by atomic mass is 16.5. The largest absolute Gasteiger partial charge is 0.489 e. The number of hydrogen-bond acceptors (Lipinski definition) is 2. The molecule has 0 bridgehead atoms. The second-order valence-corrected chi connectivity index (χ2v) is 6.57. The van der Waals surface area contributed by atoms with Crippen LogP contribution in [0.1, 0.15) is 35.5 Å². The fourth-order valence-corrected chi connectivity index (χ4v) is 3.07. The Kier molecular flexibility index (Phi) is 4.70. The molecule has 0 aliphatic carbocycles. The summed E-state index contributed by atoms with van der Waals surface area (Å²) in [5, 5.41) is 0.966. The zero-order valence-corrected chi connectivity index (χ0v) is 14.5. The maximum absolute atomic E-state index is 11.6. The van der Waals surface area contributed by atoms with E-state index in [1.807, 2.05) is 49.4 Å². The van der Waals surface area contributed by atoms with E-state index < -0.39 is 0 Å². The van der Waals surface area contributed by atoms with Gasteiger partial charge in [-0.1, -0.05) is 44.2 Å². The zero-order chi connectivity index (χ0) is 17.1. The quantitative estimate of drug-likeness (QED) is 0.598. The third-order valence-electron chi connectivity index (χ3n) is 4.26. The van der Waals surface area contributed by atoms with Crippen LogP contribution in [-0.2, 0) is 13.2 Å². The molecule has 0 aliphatic rings. The SMILES string of the molecule is Cc1c(C=O)c2cc(OCc3ccccc3)ccc2n1CC(C)C. The predicted molar refractivity (Wildman–Crippen MR) is 97.7 cm³/mol. The van der Waals surface area contributed by atoms with Gasteiger partial charge in [0.05, 0.1) is 0 Å². The molecular weight excluding hydrogens is 298 g/mol. The number of benzene rings is 2. The summed E-state index contributed by atoms with van der Waals surface area (Å²) in [5.41, 5.74) is 4.00. The van der Waals surface area contributed by atoms with Gasteiger partial charge < -0.3 is 9.30 Å². The predicted octanol–water partition coefficient (Wildman–Crippen LogP) is 5.00. The van der Waals surface area contributed by atoms with Gasteiger partial charge in [-0.05, 0) is 36.6 Å². The first-order valence-corrected chi connectivity index (χ1v) is 8.35. The lowest BCUT2D eigenvalue weighted by molar-refractivity contribution is 0.112. The third-order valence-corrected chi connectivity index (χ3v) is 4.26. The van der Waals surface area contributed by atoms with Gasteiger partial charge in [0, 0.05) is 28.7 Å². The van der Waals surface area contributed by atoms with Crippen LogP contribution in [0.2, 0.25) is 0 Å². The molecule has 0 N–H and O–H groups in total. The molecule has 0 fully saturated rings. The van der Waals surface area contributed by atoms with Crippen LogP contribution in [0.4, 0.5) is 0 Å². The molecule has 0 saturated heterocycles. The summed E-state index contributed by atoms with van der Waals surface area (Å²) in [5.74, 6) is 1.31. The van der Waals surface area contributed by atoms with Crippen molar-refractivity contribution in [1.82, 2.24) is 4.57 Å². The van der Waals surface area contributed by atoms with Gasteiger partial charge in [-0.2, -0.15) is 0 Å². The van der Waals surface area contributed by atoms with Crippen LogP contribution in [0.5, 0.6) is 5.75 Å². The monoisotopic (exact) mass is 321 g/mol. The molecule has 124 valence electrons. The minimum Gasteiger partial charge on any atom is -0.489 e. The molecule has 0 aliphatic heterocycles. The first-order chi connectivity index (χ1) is 11.6. The summed E-state index contributed by atoms with van der Waals surface area (Å²) in [6.07, 6.45) is 0.954. The first kappa shape index (κ1) is 16.3. The van der Waals surface area contributed by atoms with E-state index in [9.17, 15) is 4.79 Å². The van der Waals surface area contributed by atoms with Crippen molar-refractivity contribution >= 4 is 17.2 Å². The number of ether oxygens (including phenoxy) is 1. The van der Waals surface area contributed by atoms with Gasteiger partial charge >= 0.3 is 0 Å². The number of fused-ring (bicyclic) bond motifs is 1. The maximum Gasteiger partial charge on any atom is 0.152 e.